The fourth-order valence-electron chi connectivity index (χ4n) is 2.46. The predicted molar refractivity (Wildman–Crippen MR) is 78.5 cm³/mol. The molecule has 1 aliphatic rings. The molecule has 7 nitrogen and oxygen atoms in total. The van der Waals surface area contributed by atoms with Crippen LogP contribution in [0.5, 0.6) is 0 Å². The maximum absolute atomic E-state index is 11.6. The smallest absolute Gasteiger partial charge is 0.409 e. The Hall–Kier alpha value is -2.31. The summed E-state index contributed by atoms with van der Waals surface area (Å²) in [5.41, 5.74) is 2.85. The lowest BCUT2D eigenvalue weighted by atomic mass is 10.2. The first kappa shape index (κ1) is 13.7. The number of anilines is 1. The van der Waals surface area contributed by atoms with E-state index >= 15 is 0 Å². The van der Waals surface area contributed by atoms with E-state index in [4.69, 9.17) is 4.74 Å². The van der Waals surface area contributed by atoms with Gasteiger partial charge in [0.25, 0.3) is 0 Å². The van der Waals surface area contributed by atoms with Gasteiger partial charge >= 0.3 is 6.09 Å². The molecule has 0 radical (unpaired) electrons. The summed E-state index contributed by atoms with van der Waals surface area (Å²) >= 11 is 0. The van der Waals surface area contributed by atoms with E-state index in [1.807, 2.05) is 19.9 Å². The first-order valence-corrected chi connectivity index (χ1v) is 7.13. The number of carbonyl (C=O) groups excluding carboxylic acids is 1. The summed E-state index contributed by atoms with van der Waals surface area (Å²) in [5.74, 6) is 0.924. The Morgan fingerprint density at radius 1 is 1.43 bits per heavy atom. The minimum atomic E-state index is -0.227. The fraction of sp³-hybridized carbons (Fsp3) is 0.500. The molecular weight excluding hydrogens is 270 g/mol. The van der Waals surface area contributed by atoms with Gasteiger partial charge in [0.1, 0.15) is 5.82 Å². The molecular formula is C14H19N5O2. The minimum absolute atomic E-state index is 0.227. The number of hydrogen-bond acceptors (Lipinski definition) is 5. The van der Waals surface area contributed by atoms with Gasteiger partial charge in [0.15, 0.2) is 5.65 Å². The van der Waals surface area contributed by atoms with Crippen molar-refractivity contribution < 1.29 is 9.53 Å². The fourth-order valence-corrected chi connectivity index (χ4v) is 2.46. The number of nitrogens with one attached hydrogen (secondary N) is 1. The van der Waals surface area contributed by atoms with Crippen LogP contribution >= 0.6 is 0 Å². The van der Waals surface area contributed by atoms with Crippen LogP contribution in [-0.2, 0) is 4.74 Å². The molecule has 1 aliphatic heterocycles. The number of amides is 1. The third-order valence-corrected chi connectivity index (χ3v) is 3.74. The molecule has 7 heteroatoms. The molecule has 1 amide bonds. The lowest BCUT2D eigenvalue weighted by Gasteiger charge is -2.26. The number of nitrogens with zero attached hydrogens (tertiary/aromatic N) is 4. The Balaban J connectivity index is 1.71. The topological polar surface area (TPSA) is 71.8 Å². The zero-order chi connectivity index (χ0) is 14.8. The normalized spacial score (nSPS) is 15.3. The van der Waals surface area contributed by atoms with Gasteiger partial charge in [0.2, 0.25) is 0 Å². The van der Waals surface area contributed by atoms with E-state index in [1.165, 1.54) is 0 Å². The molecule has 0 bridgehead atoms. The maximum atomic E-state index is 11.6. The van der Waals surface area contributed by atoms with Gasteiger partial charge in [0.05, 0.1) is 12.8 Å². The van der Waals surface area contributed by atoms with Gasteiger partial charge in [-0.3, -0.25) is 0 Å². The highest BCUT2D eigenvalue weighted by atomic mass is 16.6. The molecule has 0 spiro atoms. The van der Waals surface area contributed by atoms with Gasteiger partial charge in [-0.25, -0.2) is 9.78 Å². The Kier molecular flexibility index (Phi) is 3.64. The number of rotatable bonds is 4. The second-order valence-corrected chi connectivity index (χ2v) is 5.15. The zero-order valence-electron chi connectivity index (χ0n) is 12.3. The Morgan fingerprint density at radius 3 is 3.10 bits per heavy atom. The second-order valence-electron chi connectivity index (χ2n) is 5.15. The molecule has 1 N–H and O–H groups in total. The van der Waals surface area contributed by atoms with E-state index in [0.29, 0.717) is 19.7 Å². The van der Waals surface area contributed by atoms with Crippen LogP contribution in [0.15, 0.2) is 12.3 Å². The summed E-state index contributed by atoms with van der Waals surface area (Å²) in [4.78, 5) is 17.8. The summed E-state index contributed by atoms with van der Waals surface area (Å²) in [6.07, 6.45) is 2.40. The van der Waals surface area contributed by atoms with Crippen molar-refractivity contribution in [1.82, 2.24) is 19.5 Å². The van der Waals surface area contributed by atoms with Crippen molar-refractivity contribution in [2.24, 2.45) is 0 Å². The van der Waals surface area contributed by atoms with E-state index < -0.39 is 0 Å². The van der Waals surface area contributed by atoms with Gasteiger partial charge in [-0.15, -0.1) is 0 Å². The van der Waals surface area contributed by atoms with Gasteiger partial charge in [-0.2, -0.15) is 9.61 Å². The van der Waals surface area contributed by atoms with Crippen LogP contribution in [0.3, 0.4) is 0 Å². The number of aryl methyl sites for hydroxylation is 1. The molecule has 0 unspecified atom stereocenters. The van der Waals surface area contributed by atoms with E-state index in [0.717, 1.165) is 35.7 Å². The number of carbonyl (C=O) groups is 1. The number of fused-ring (bicyclic) bond motifs is 1. The third kappa shape index (κ3) is 2.63. The highest BCUT2D eigenvalue weighted by Crippen LogP contribution is 2.18. The van der Waals surface area contributed by atoms with Crippen LogP contribution < -0.4 is 5.32 Å². The number of ether oxygens (including phenoxy) is 1. The average Bonchev–Trinajstić information content (AvgIpc) is 2.92. The molecule has 112 valence electrons. The average molecular weight is 289 g/mol. The standard InChI is InChI=1S/C14H19N5O2/c1-10-11(2)17-12-4-5-16-19(12)13(10)15-6-8-18-7-3-9-21-14(18)20/h4-5,15H,3,6-9H2,1-2H3. The van der Waals surface area contributed by atoms with Crippen LogP contribution in [-0.4, -0.2) is 51.8 Å². The van der Waals surface area contributed by atoms with Crippen LogP contribution in [0.4, 0.5) is 10.6 Å². The van der Waals surface area contributed by atoms with Crippen LogP contribution in [0.2, 0.25) is 0 Å². The van der Waals surface area contributed by atoms with Gasteiger partial charge in [-0.1, -0.05) is 0 Å². The van der Waals surface area contributed by atoms with Crippen molar-refractivity contribution in [3.05, 3.63) is 23.5 Å². The molecule has 1 saturated heterocycles. The van der Waals surface area contributed by atoms with Crippen molar-refractivity contribution in [3.63, 3.8) is 0 Å². The van der Waals surface area contributed by atoms with Crippen LogP contribution in [0.1, 0.15) is 17.7 Å². The van der Waals surface area contributed by atoms with Crippen LogP contribution in [0.25, 0.3) is 5.65 Å². The largest absolute Gasteiger partial charge is 0.449 e. The molecule has 1 fully saturated rings. The number of aromatic nitrogens is 3. The van der Waals surface area contributed by atoms with Crippen LogP contribution in [0, 0.1) is 13.8 Å². The molecule has 3 heterocycles. The summed E-state index contributed by atoms with van der Waals surface area (Å²) in [6, 6.07) is 1.87. The van der Waals surface area contributed by atoms with E-state index in [-0.39, 0.29) is 6.09 Å². The van der Waals surface area contributed by atoms with E-state index in [2.05, 4.69) is 15.4 Å². The Bertz CT molecular complexity index is 667. The van der Waals surface area contributed by atoms with E-state index in [9.17, 15) is 4.79 Å². The lowest BCUT2D eigenvalue weighted by molar-refractivity contribution is 0.0746. The number of cyclic esters (lactones) is 1. The lowest BCUT2D eigenvalue weighted by Crippen LogP contribution is -2.40. The summed E-state index contributed by atoms with van der Waals surface area (Å²) in [6.45, 7) is 6.54. The first-order chi connectivity index (χ1) is 10.2. The highest BCUT2D eigenvalue weighted by Gasteiger charge is 2.19. The molecule has 0 aliphatic carbocycles. The van der Waals surface area contributed by atoms with Crippen molar-refractivity contribution in [3.8, 4) is 0 Å². The van der Waals surface area contributed by atoms with E-state index in [1.54, 1.807) is 15.6 Å². The quantitative estimate of drug-likeness (QED) is 0.925. The SMILES string of the molecule is Cc1nc2ccnn2c(NCCN2CCCOC2=O)c1C. The first-order valence-electron chi connectivity index (χ1n) is 7.13. The number of hydrogen-bond donors (Lipinski definition) is 1. The van der Waals surface area contributed by atoms with Crippen molar-refractivity contribution in [2.75, 3.05) is 31.6 Å². The van der Waals surface area contributed by atoms with Crippen molar-refractivity contribution >= 4 is 17.6 Å². The zero-order valence-corrected chi connectivity index (χ0v) is 12.3. The molecule has 21 heavy (non-hydrogen) atoms. The Labute approximate surface area is 122 Å². The predicted octanol–water partition coefficient (Wildman–Crippen LogP) is 1.60. The second kappa shape index (κ2) is 5.59. The van der Waals surface area contributed by atoms with Gasteiger partial charge < -0.3 is 15.0 Å². The van der Waals surface area contributed by atoms with Crippen molar-refractivity contribution in [2.45, 2.75) is 20.3 Å². The van der Waals surface area contributed by atoms with Gasteiger partial charge in [-0.05, 0) is 20.3 Å². The van der Waals surface area contributed by atoms with Gasteiger partial charge in [0, 0.05) is 37.0 Å². The molecule has 0 saturated carbocycles. The highest BCUT2D eigenvalue weighted by molar-refractivity contribution is 5.68. The maximum Gasteiger partial charge on any atom is 0.409 e. The molecule has 0 atom stereocenters. The monoisotopic (exact) mass is 289 g/mol. The summed E-state index contributed by atoms with van der Waals surface area (Å²) in [7, 11) is 0. The minimum Gasteiger partial charge on any atom is -0.449 e. The molecule has 2 aromatic rings. The van der Waals surface area contributed by atoms with Crippen molar-refractivity contribution in [1.29, 1.82) is 0 Å². The molecule has 2 aromatic heterocycles. The third-order valence-electron chi connectivity index (χ3n) is 3.74. The molecule has 0 aromatic carbocycles. The molecule has 3 rings (SSSR count). The summed E-state index contributed by atoms with van der Waals surface area (Å²) < 4.78 is 6.81. The Morgan fingerprint density at radius 2 is 2.29 bits per heavy atom. The summed E-state index contributed by atoms with van der Waals surface area (Å²) in [5, 5.41) is 7.65.